The molecule has 6 heteroatoms. The Kier molecular flexibility index (Phi) is 4.53. The Bertz CT molecular complexity index is 670. The highest BCUT2D eigenvalue weighted by molar-refractivity contribution is 5.79. The average Bonchev–Trinajstić information content (AvgIpc) is 2.48. The van der Waals surface area contributed by atoms with Gasteiger partial charge in [-0.05, 0) is 11.1 Å². The molecule has 1 atom stereocenters. The molecule has 1 unspecified atom stereocenters. The van der Waals surface area contributed by atoms with Crippen LogP contribution in [0.3, 0.4) is 0 Å². The van der Waals surface area contributed by atoms with Gasteiger partial charge in [-0.25, -0.2) is 0 Å². The van der Waals surface area contributed by atoms with Gasteiger partial charge >= 0.3 is 5.97 Å². The van der Waals surface area contributed by atoms with Crippen molar-refractivity contribution in [2.75, 3.05) is 0 Å². The van der Waals surface area contributed by atoms with Gasteiger partial charge in [-0.15, -0.1) is 0 Å². The van der Waals surface area contributed by atoms with Crippen molar-refractivity contribution in [1.82, 2.24) is 0 Å². The molecule has 0 aliphatic rings. The first-order valence-electron chi connectivity index (χ1n) is 6.70. The molecule has 0 aliphatic heterocycles. The fraction of sp³-hybridized carbons (Fsp3) is 0.188. The molecule has 6 nitrogen and oxygen atoms in total. The predicted octanol–water partition coefficient (Wildman–Crippen LogP) is 2.16. The molecule has 0 spiro atoms. The second-order valence-corrected chi connectivity index (χ2v) is 5.22. The molecule has 0 aliphatic carbocycles. The lowest BCUT2D eigenvalue weighted by atomic mass is 9.85. The molecule has 0 saturated heterocycles. The van der Waals surface area contributed by atoms with Crippen molar-refractivity contribution in [2.24, 2.45) is 5.73 Å². The minimum absolute atomic E-state index is 0.0373. The number of nitro groups is 1. The highest BCUT2D eigenvalue weighted by Crippen LogP contribution is 2.20. The predicted molar refractivity (Wildman–Crippen MR) is 81.5 cm³/mol. The van der Waals surface area contributed by atoms with E-state index < -0.39 is 16.4 Å². The molecular weight excluding hydrogens is 284 g/mol. The lowest BCUT2D eigenvalue weighted by Crippen LogP contribution is -2.51. The zero-order chi connectivity index (χ0) is 16.2. The van der Waals surface area contributed by atoms with Crippen LogP contribution >= 0.6 is 0 Å². The number of aliphatic carboxylic acids is 1. The number of nitro benzene ring substituents is 1. The summed E-state index contributed by atoms with van der Waals surface area (Å²) in [6.45, 7) is 0. The Morgan fingerprint density at radius 1 is 1.05 bits per heavy atom. The highest BCUT2D eigenvalue weighted by atomic mass is 16.6. The van der Waals surface area contributed by atoms with E-state index in [-0.39, 0.29) is 18.5 Å². The molecule has 2 rings (SSSR count). The summed E-state index contributed by atoms with van der Waals surface area (Å²) in [6.07, 6.45) is 0.273. The molecule has 0 radical (unpaired) electrons. The summed E-state index contributed by atoms with van der Waals surface area (Å²) in [5, 5.41) is 20.1. The summed E-state index contributed by atoms with van der Waals surface area (Å²) < 4.78 is 0. The van der Waals surface area contributed by atoms with Gasteiger partial charge in [-0.3, -0.25) is 14.9 Å². The van der Waals surface area contributed by atoms with Crippen molar-refractivity contribution < 1.29 is 14.8 Å². The second kappa shape index (κ2) is 6.36. The lowest BCUT2D eigenvalue weighted by Gasteiger charge is -2.25. The van der Waals surface area contributed by atoms with E-state index in [1.165, 1.54) is 24.3 Å². The van der Waals surface area contributed by atoms with E-state index in [0.29, 0.717) is 5.56 Å². The number of benzene rings is 2. The van der Waals surface area contributed by atoms with Crippen molar-refractivity contribution >= 4 is 11.7 Å². The van der Waals surface area contributed by atoms with Crippen LogP contribution in [0.25, 0.3) is 0 Å². The number of nitrogens with two attached hydrogens (primary N) is 1. The van der Waals surface area contributed by atoms with Gasteiger partial charge in [-0.2, -0.15) is 0 Å². The number of hydrogen-bond donors (Lipinski definition) is 2. The molecular formula is C16H16N2O4. The number of hydrogen-bond acceptors (Lipinski definition) is 4. The number of nitrogens with zero attached hydrogens (tertiary/aromatic N) is 1. The molecule has 0 heterocycles. The van der Waals surface area contributed by atoms with E-state index in [0.717, 1.165) is 5.56 Å². The monoisotopic (exact) mass is 300 g/mol. The van der Waals surface area contributed by atoms with Gasteiger partial charge in [0.15, 0.2) is 0 Å². The maximum atomic E-state index is 11.6. The third-order valence-corrected chi connectivity index (χ3v) is 3.46. The maximum Gasteiger partial charge on any atom is 0.324 e. The van der Waals surface area contributed by atoms with Gasteiger partial charge in [0.2, 0.25) is 0 Å². The van der Waals surface area contributed by atoms with Crippen molar-refractivity contribution in [3.05, 3.63) is 75.8 Å². The van der Waals surface area contributed by atoms with Crippen LogP contribution in [0.1, 0.15) is 11.1 Å². The van der Waals surface area contributed by atoms with Gasteiger partial charge in [0.25, 0.3) is 5.69 Å². The van der Waals surface area contributed by atoms with Crippen LogP contribution in [0.5, 0.6) is 0 Å². The minimum atomic E-state index is -1.46. The molecule has 3 N–H and O–H groups in total. The van der Waals surface area contributed by atoms with Crippen LogP contribution in [0, 0.1) is 10.1 Å². The largest absolute Gasteiger partial charge is 0.480 e. The third kappa shape index (κ3) is 3.67. The fourth-order valence-electron chi connectivity index (χ4n) is 2.27. The molecule has 0 aromatic heterocycles. The van der Waals surface area contributed by atoms with Crippen molar-refractivity contribution in [3.8, 4) is 0 Å². The average molecular weight is 300 g/mol. The number of rotatable bonds is 6. The Balaban J connectivity index is 2.21. The number of carboxylic acids is 1. The van der Waals surface area contributed by atoms with Crippen LogP contribution < -0.4 is 5.73 Å². The van der Waals surface area contributed by atoms with E-state index in [4.69, 9.17) is 5.73 Å². The van der Waals surface area contributed by atoms with Crippen LogP contribution in [-0.2, 0) is 17.6 Å². The Hall–Kier alpha value is -2.73. The Morgan fingerprint density at radius 2 is 1.55 bits per heavy atom. The van der Waals surface area contributed by atoms with E-state index in [1.807, 2.05) is 30.3 Å². The summed E-state index contributed by atoms with van der Waals surface area (Å²) in [5.74, 6) is -1.10. The third-order valence-electron chi connectivity index (χ3n) is 3.46. The van der Waals surface area contributed by atoms with Gasteiger partial charge < -0.3 is 10.8 Å². The first kappa shape index (κ1) is 15.7. The molecule has 0 amide bonds. The maximum absolute atomic E-state index is 11.6. The van der Waals surface area contributed by atoms with Crippen LogP contribution in [0.4, 0.5) is 5.69 Å². The minimum Gasteiger partial charge on any atom is -0.480 e. The fourth-order valence-corrected chi connectivity index (χ4v) is 2.27. The smallest absolute Gasteiger partial charge is 0.324 e. The summed E-state index contributed by atoms with van der Waals surface area (Å²) in [4.78, 5) is 21.7. The summed E-state index contributed by atoms with van der Waals surface area (Å²) in [6, 6.07) is 14.9. The lowest BCUT2D eigenvalue weighted by molar-refractivity contribution is -0.384. The molecule has 22 heavy (non-hydrogen) atoms. The number of carbonyl (C=O) groups is 1. The second-order valence-electron chi connectivity index (χ2n) is 5.22. The zero-order valence-corrected chi connectivity index (χ0v) is 11.8. The van der Waals surface area contributed by atoms with E-state index in [9.17, 15) is 20.0 Å². The quantitative estimate of drug-likeness (QED) is 0.628. The number of carboxylic acid groups (broad SMARTS) is 1. The van der Waals surface area contributed by atoms with Crippen molar-refractivity contribution in [2.45, 2.75) is 18.4 Å². The Labute approximate surface area is 127 Å². The first-order chi connectivity index (χ1) is 10.4. The van der Waals surface area contributed by atoms with Crippen molar-refractivity contribution in [3.63, 3.8) is 0 Å². The van der Waals surface area contributed by atoms with Gasteiger partial charge in [0.1, 0.15) is 5.54 Å². The number of non-ortho nitro benzene ring substituents is 1. The van der Waals surface area contributed by atoms with Crippen LogP contribution in [0.15, 0.2) is 54.6 Å². The van der Waals surface area contributed by atoms with Gasteiger partial charge in [0.05, 0.1) is 4.92 Å². The molecule has 0 fully saturated rings. The normalized spacial score (nSPS) is 13.3. The molecule has 2 aromatic carbocycles. The van der Waals surface area contributed by atoms with Gasteiger partial charge in [-0.1, -0.05) is 42.5 Å². The summed E-state index contributed by atoms with van der Waals surface area (Å²) in [5.41, 5.74) is 6.04. The van der Waals surface area contributed by atoms with Crippen molar-refractivity contribution in [1.29, 1.82) is 0 Å². The summed E-state index contributed by atoms with van der Waals surface area (Å²) >= 11 is 0. The first-order valence-corrected chi connectivity index (χ1v) is 6.70. The topological polar surface area (TPSA) is 106 Å². The zero-order valence-electron chi connectivity index (χ0n) is 11.8. The van der Waals surface area contributed by atoms with Crippen LogP contribution in [-0.4, -0.2) is 21.5 Å². The standard InChI is InChI=1S/C16H16N2O4/c17-16(15(19)20,10-12-4-2-1-3-5-12)11-13-6-8-14(9-7-13)18(21)22/h1-9H,10-11,17H2,(H,19,20). The molecule has 0 bridgehead atoms. The van der Waals surface area contributed by atoms with Crippen LogP contribution in [0.2, 0.25) is 0 Å². The molecule has 0 saturated carbocycles. The molecule has 2 aromatic rings. The summed E-state index contributed by atoms with van der Waals surface area (Å²) in [7, 11) is 0. The van der Waals surface area contributed by atoms with Gasteiger partial charge in [0, 0.05) is 25.0 Å². The van der Waals surface area contributed by atoms with E-state index >= 15 is 0 Å². The SMILES string of the molecule is NC(Cc1ccccc1)(Cc1ccc([N+](=O)[O-])cc1)C(=O)O. The Morgan fingerprint density at radius 3 is 2.00 bits per heavy atom. The molecule has 114 valence electrons. The highest BCUT2D eigenvalue weighted by Gasteiger charge is 2.34. The van der Waals surface area contributed by atoms with E-state index in [1.54, 1.807) is 0 Å². The van der Waals surface area contributed by atoms with E-state index in [2.05, 4.69) is 0 Å².